The van der Waals surface area contributed by atoms with Crippen LogP contribution >= 0.6 is 15.9 Å². The van der Waals surface area contributed by atoms with E-state index in [4.69, 9.17) is 0 Å². The molecule has 2 N–H and O–H groups in total. The fourth-order valence-electron chi connectivity index (χ4n) is 2.60. The Kier molecular flexibility index (Phi) is 4.42. The summed E-state index contributed by atoms with van der Waals surface area (Å²) < 4.78 is 13.3. The molecule has 1 aliphatic rings. The van der Waals surface area contributed by atoms with E-state index in [2.05, 4.69) is 21.2 Å². The second-order valence-electron chi connectivity index (χ2n) is 5.15. The van der Waals surface area contributed by atoms with Crippen LogP contribution in [-0.2, 0) is 9.59 Å². The summed E-state index contributed by atoms with van der Waals surface area (Å²) in [6.07, 6.45) is 2.69. The number of benzene rings is 1. The molecular formula is C14H15BrFNO3. The SMILES string of the molecule is O=C(CC1(C(=O)O)CCCC1)Nc1ccc(F)c(Br)c1. The van der Waals surface area contributed by atoms with Gasteiger partial charge in [0.05, 0.1) is 9.89 Å². The van der Waals surface area contributed by atoms with Crippen LogP contribution in [0.2, 0.25) is 0 Å². The van der Waals surface area contributed by atoms with Crippen molar-refractivity contribution in [1.82, 2.24) is 0 Å². The molecule has 1 saturated carbocycles. The highest BCUT2D eigenvalue weighted by Gasteiger charge is 2.42. The van der Waals surface area contributed by atoms with Crippen molar-refractivity contribution >= 4 is 33.5 Å². The molecule has 20 heavy (non-hydrogen) atoms. The third-order valence-electron chi connectivity index (χ3n) is 3.72. The van der Waals surface area contributed by atoms with Crippen LogP contribution in [0.3, 0.4) is 0 Å². The fourth-order valence-corrected chi connectivity index (χ4v) is 2.98. The fraction of sp³-hybridized carbons (Fsp3) is 0.429. The lowest BCUT2D eigenvalue weighted by Gasteiger charge is -2.22. The molecule has 1 aromatic carbocycles. The van der Waals surface area contributed by atoms with Gasteiger partial charge in [-0.3, -0.25) is 9.59 Å². The second-order valence-corrected chi connectivity index (χ2v) is 6.00. The first kappa shape index (κ1) is 15.0. The molecule has 1 fully saturated rings. The summed E-state index contributed by atoms with van der Waals surface area (Å²) in [5.74, 6) is -1.68. The van der Waals surface area contributed by atoms with E-state index in [0.29, 0.717) is 18.5 Å². The van der Waals surface area contributed by atoms with Gasteiger partial charge in [-0.05, 0) is 47.0 Å². The van der Waals surface area contributed by atoms with E-state index in [9.17, 15) is 19.1 Å². The van der Waals surface area contributed by atoms with Gasteiger partial charge in [-0.1, -0.05) is 12.8 Å². The molecule has 0 saturated heterocycles. The molecule has 0 heterocycles. The van der Waals surface area contributed by atoms with Crippen molar-refractivity contribution in [2.24, 2.45) is 5.41 Å². The summed E-state index contributed by atoms with van der Waals surface area (Å²) in [5.41, 5.74) is -0.497. The number of carboxylic acid groups (broad SMARTS) is 1. The first-order valence-electron chi connectivity index (χ1n) is 6.41. The minimum absolute atomic E-state index is 0.0443. The Labute approximate surface area is 124 Å². The van der Waals surface area contributed by atoms with Crippen molar-refractivity contribution in [1.29, 1.82) is 0 Å². The van der Waals surface area contributed by atoms with E-state index in [0.717, 1.165) is 12.8 Å². The average molecular weight is 344 g/mol. The summed E-state index contributed by atoms with van der Waals surface area (Å²) in [6, 6.07) is 4.14. The topological polar surface area (TPSA) is 66.4 Å². The predicted molar refractivity (Wildman–Crippen MR) is 75.9 cm³/mol. The number of halogens is 2. The zero-order valence-electron chi connectivity index (χ0n) is 10.8. The van der Waals surface area contributed by atoms with Crippen LogP contribution in [0.5, 0.6) is 0 Å². The highest BCUT2D eigenvalue weighted by molar-refractivity contribution is 9.10. The Morgan fingerprint density at radius 3 is 2.55 bits per heavy atom. The molecule has 0 atom stereocenters. The van der Waals surface area contributed by atoms with Crippen molar-refractivity contribution in [3.8, 4) is 0 Å². The first-order valence-corrected chi connectivity index (χ1v) is 7.21. The number of anilines is 1. The zero-order chi connectivity index (χ0) is 14.8. The smallest absolute Gasteiger partial charge is 0.310 e. The lowest BCUT2D eigenvalue weighted by molar-refractivity contribution is -0.150. The Hall–Kier alpha value is -1.43. The van der Waals surface area contributed by atoms with Crippen LogP contribution in [0.25, 0.3) is 0 Å². The number of rotatable bonds is 4. The number of nitrogens with one attached hydrogen (secondary N) is 1. The van der Waals surface area contributed by atoms with E-state index < -0.39 is 17.2 Å². The van der Waals surface area contributed by atoms with E-state index in [-0.39, 0.29) is 16.8 Å². The van der Waals surface area contributed by atoms with Crippen LogP contribution < -0.4 is 5.32 Å². The van der Waals surface area contributed by atoms with Gasteiger partial charge in [0, 0.05) is 12.1 Å². The van der Waals surface area contributed by atoms with Gasteiger partial charge >= 0.3 is 5.97 Å². The van der Waals surface area contributed by atoms with Gasteiger partial charge in [-0.2, -0.15) is 0 Å². The standard InChI is InChI=1S/C14H15BrFNO3/c15-10-7-9(3-4-11(10)16)17-12(18)8-14(13(19)20)5-1-2-6-14/h3-4,7H,1-2,5-6,8H2,(H,17,18)(H,19,20). The Balaban J connectivity index is 2.04. The van der Waals surface area contributed by atoms with E-state index in [1.54, 1.807) is 0 Å². The maximum Gasteiger partial charge on any atom is 0.310 e. The van der Waals surface area contributed by atoms with Crippen LogP contribution in [0.4, 0.5) is 10.1 Å². The quantitative estimate of drug-likeness (QED) is 0.878. The van der Waals surface area contributed by atoms with Crippen molar-refractivity contribution in [3.63, 3.8) is 0 Å². The van der Waals surface area contributed by atoms with Crippen LogP contribution in [0.15, 0.2) is 22.7 Å². The summed E-state index contributed by atoms with van der Waals surface area (Å²) in [6.45, 7) is 0. The first-order chi connectivity index (χ1) is 9.43. The molecular weight excluding hydrogens is 329 g/mol. The molecule has 0 radical (unpaired) electrons. The number of aliphatic carboxylic acids is 1. The van der Waals surface area contributed by atoms with Gasteiger partial charge in [-0.15, -0.1) is 0 Å². The largest absolute Gasteiger partial charge is 0.481 e. The molecule has 0 aromatic heterocycles. The van der Waals surface area contributed by atoms with Gasteiger partial charge in [0.15, 0.2) is 0 Å². The maximum absolute atomic E-state index is 13.1. The van der Waals surface area contributed by atoms with E-state index in [1.807, 2.05) is 0 Å². The predicted octanol–water partition coefficient (Wildman–Crippen LogP) is 3.56. The number of carboxylic acids is 1. The molecule has 0 unspecified atom stereocenters. The van der Waals surface area contributed by atoms with Gasteiger partial charge in [0.25, 0.3) is 0 Å². The van der Waals surface area contributed by atoms with Gasteiger partial charge in [-0.25, -0.2) is 4.39 Å². The summed E-state index contributed by atoms with van der Waals surface area (Å²) >= 11 is 3.04. The van der Waals surface area contributed by atoms with Crippen molar-refractivity contribution < 1.29 is 19.1 Å². The highest BCUT2D eigenvalue weighted by Crippen LogP contribution is 2.41. The average Bonchev–Trinajstić information content (AvgIpc) is 2.83. The van der Waals surface area contributed by atoms with Gasteiger partial charge in [0.2, 0.25) is 5.91 Å². The van der Waals surface area contributed by atoms with Crippen LogP contribution in [-0.4, -0.2) is 17.0 Å². The number of amides is 1. The molecule has 1 aromatic rings. The number of hydrogen-bond acceptors (Lipinski definition) is 2. The second kappa shape index (κ2) is 5.91. The van der Waals surface area contributed by atoms with Gasteiger partial charge in [0.1, 0.15) is 5.82 Å². The molecule has 0 aliphatic heterocycles. The van der Waals surface area contributed by atoms with Crippen LogP contribution in [0.1, 0.15) is 32.1 Å². The Morgan fingerprint density at radius 1 is 1.35 bits per heavy atom. The normalized spacial score (nSPS) is 16.9. The third-order valence-corrected chi connectivity index (χ3v) is 4.32. The number of hydrogen-bond donors (Lipinski definition) is 2. The number of carbonyl (C=O) groups excluding carboxylic acids is 1. The molecule has 6 heteroatoms. The molecule has 2 rings (SSSR count). The van der Waals surface area contributed by atoms with Crippen molar-refractivity contribution in [2.75, 3.05) is 5.32 Å². The Morgan fingerprint density at radius 2 is 2.00 bits per heavy atom. The number of carbonyl (C=O) groups is 2. The molecule has 0 spiro atoms. The van der Waals surface area contributed by atoms with Gasteiger partial charge < -0.3 is 10.4 Å². The van der Waals surface area contributed by atoms with Crippen molar-refractivity contribution in [2.45, 2.75) is 32.1 Å². The highest BCUT2D eigenvalue weighted by atomic mass is 79.9. The zero-order valence-corrected chi connectivity index (χ0v) is 12.4. The lowest BCUT2D eigenvalue weighted by atomic mass is 9.82. The summed E-state index contributed by atoms with van der Waals surface area (Å²) in [5, 5.41) is 11.9. The van der Waals surface area contributed by atoms with E-state index in [1.165, 1.54) is 18.2 Å². The third kappa shape index (κ3) is 3.17. The minimum atomic E-state index is -0.943. The molecule has 1 aliphatic carbocycles. The monoisotopic (exact) mass is 343 g/mol. The molecule has 108 valence electrons. The lowest BCUT2D eigenvalue weighted by Crippen LogP contribution is -2.32. The molecule has 1 amide bonds. The molecule has 4 nitrogen and oxygen atoms in total. The Bertz CT molecular complexity index is 541. The minimum Gasteiger partial charge on any atom is -0.481 e. The van der Waals surface area contributed by atoms with E-state index >= 15 is 0 Å². The van der Waals surface area contributed by atoms with Crippen molar-refractivity contribution in [3.05, 3.63) is 28.5 Å². The maximum atomic E-state index is 13.1. The van der Waals surface area contributed by atoms with Crippen LogP contribution in [0, 0.1) is 11.2 Å². The summed E-state index contributed by atoms with van der Waals surface area (Å²) in [7, 11) is 0. The summed E-state index contributed by atoms with van der Waals surface area (Å²) in [4.78, 5) is 23.4. The molecule has 0 bridgehead atoms.